The molecule has 0 bridgehead atoms. The molecule has 2 spiro atoms. The van der Waals surface area contributed by atoms with Crippen molar-refractivity contribution in [3.05, 3.63) is 12.3 Å². The van der Waals surface area contributed by atoms with Gasteiger partial charge in [0.05, 0.1) is 0 Å². The van der Waals surface area contributed by atoms with Crippen LogP contribution in [-0.2, 0) is 9.59 Å². The summed E-state index contributed by atoms with van der Waals surface area (Å²) in [6, 6.07) is 0.512. The van der Waals surface area contributed by atoms with Crippen molar-refractivity contribution in [3.8, 4) is 0 Å². The van der Waals surface area contributed by atoms with Crippen LogP contribution >= 0.6 is 0 Å². The lowest BCUT2D eigenvalue weighted by molar-refractivity contribution is -0.149. The number of aliphatic carboxylic acids is 1. The van der Waals surface area contributed by atoms with Gasteiger partial charge in [0.2, 0.25) is 11.9 Å². The van der Waals surface area contributed by atoms with Crippen molar-refractivity contribution in [2.75, 3.05) is 17.6 Å². The van der Waals surface area contributed by atoms with Crippen molar-refractivity contribution in [2.45, 2.75) is 76.3 Å². The number of nitrogens with zero attached hydrogens (tertiary/aromatic N) is 3. The number of likely N-dealkylation sites (tertiary alicyclic amines) is 1. The molecule has 4 aliphatic rings. The zero-order chi connectivity index (χ0) is 20.9. The van der Waals surface area contributed by atoms with Crippen molar-refractivity contribution >= 4 is 23.6 Å². The van der Waals surface area contributed by atoms with Gasteiger partial charge >= 0.3 is 5.97 Å². The smallest absolute Gasteiger partial charge is 0.326 e. The molecule has 162 valence electrons. The van der Waals surface area contributed by atoms with Crippen LogP contribution in [0.25, 0.3) is 0 Å². The molecule has 4 N–H and O–H groups in total. The summed E-state index contributed by atoms with van der Waals surface area (Å²) in [5, 5.41) is 13.2. The zero-order valence-electron chi connectivity index (χ0n) is 17.3. The van der Waals surface area contributed by atoms with E-state index < -0.39 is 18.1 Å². The van der Waals surface area contributed by atoms with Crippen LogP contribution < -0.4 is 11.1 Å². The number of aromatic nitrogens is 2. The highest BCUT2D eigenvalue weighted by Gasteiger charge is 2.73. The molecule has 2 heterocycles. The number of carbonyl (C=O) groups is 2. The van der Waals surface area contributed by atoms with Crippen LogP contribution in [-0.4, -0.2) is 50.5 Å². The largest absolute Gasteiger partial charge is 0.480 e. The van der Waals surface area contributed by atoms with E-state index in [1.54, 1.807) is 17.2 Å². The first-order valence-corrected chi connectivity index (χ1v) is 11.3. The van der Waals surface area contributed by atoms with Crippen LogP contribution in [0, 0.1) is 16.7 Å². The van der Waals surface area contributed by atoms with Crippen LogP contribution in [0.2, 0.25) is 0 Å². The molecule has 8 nitrogen and oxygen atoms in total. The molecule has 5 rings (SSSR count). The molecule has 1 aliphatic heterocycles. The fraction of sp³-hybridized carbons (Fsp3) is 0.727. The Kier molecular flexibility index (Phi) is 4.63. The van der Waals surface area contributed by atoms with Gasteiger partial charge in [-0.3, -0.25) is 4.79 Å². The van der Waals surface area contributed by atoms with Gasteiger partial charge in [-0.2, -0.15) is 4.98 Å². The third kappa shape index (κ3) is 3.11. The molecule has 0 unspecified atom stereocenters. The number of hydrogen-bond acceptors (Lipinski definition) is 6. The highest BCUT2D eigenvalue weighted by Crippen LogP contribution is 2.77. The fourth-order valence-corrected chi connectivity index (χ4v) is 6.50. The maximum Gasteiger partial charge on any atom is 0.326 e. The number of rotatable bonds is 5. The molecular formula is C22H31N5O3. The fourth-order valence-electron chi connectivity index (χ4n) is 6.50. The quantitative estimate of drug-likeness (QED) is 0.678. The summed E-state index contributed by atoms with van der Waals surface area (Å²) in [5.41, 5.74) is 6.07. The lowest BCUT2D eigenvalue weighted by Gasteiger charge is -2.35. The monoisotopic (exact) mass is 413 g/mol. The second-order valence-corrected chi connectivity index (χ2v) is 9.94. The summed E-state index contributed by atoms with van der Waals surface area (Å²) >= 11 is 0. The SMILES string of the molecule is Nc1nccc(N[C@H](C(=O)N2C[C@]3(C[C@H]2C(=O)O)CC32CCC2)C2CCCCC2)n1. The Morgan fingerprint density at radius 2 is 1.97 bits per heavy atom. The molecule has 1 aromatic rings. The minimum absolute atomic E-state index is 0.0282. The van der Waals surface area contributed by atoms with Crippen LogP contribution in [0.1, 0.15) is 64.2 Å². The van der Waals surface area contributed by atoms with Gasteiger partial charge in [0.25, 0.3) is 0 Å². The molecule has 0 radical (unpaired) electrons. The average molecular weight is 414 g/mol. The molecule has 8 heteroatoms. The van der Waals surface area contributed by atoms with Gasteiger partial charge in [-0.25, -0.2) is 9.78 Å². The number of carbonyl (C=O) groups excluding carboxylic acids is 1. The Labute approximate surface area is 176 Å². The number of nitrogen functional groups attached to an aromatic ring is 1. The zero-order valence-corrected chi connectivity index (χ0v) is 17.3. The second-order valence-electron chi connectivity index (χ2n) is 9.94. The maximum absolute atomic E-state index is 13.8. The van der Waals surface area contributed by atoms with Gasteiger partial charge in [0, 0.05) is 12.7 Å². The van der Waals surface area contributed by atoms with Gasteiger partial charge < -0.3 is 21.1 Å². The van der Waals surface area contributed by atoms with E-state index >= 15 is 0 Å². The van der Waals surface area contributed by atoms with E-state index in [-0.39, 0.29) is 23.2 Å². The predicted octanol–water partition coefficient (Wildman–Crippen LogP) is 2.67. The summed E-state index contributed by atoms with van der Waals surface area (Å²) in [5.74, 6) is -0.123. The molecule has 1 aromatic heterocycles. The Morgan fingerprint density at radius 3 is 2.57 bits per heavy atom. The normalized spacial score (nSPS) is 30.8. The van der Waals surface area contributed by atoms with E-state index in [9.17, 15) is 14.7 Å². The van der Waals surface area contributed by atoms with Gasteiger partial charge in [-0.15, -0.1) is 0 Å². The molecule has 4 fully saturated rings. The van der Waals surface area contributed by atoms with Crippen molar-refractivity contribution in [1.29, 1.82) is 0 Å². The van der Waals surface area contributed by atoms with Gasteiger partial charge in [-0.1, -0.05) is 25.7 Å². The van der Waals surface area contributed by atoms with E-state index in [0.717, 1.165) is 32.1 Å². The van der Waals surface area contributed by atoms with E-state index in [1.807, 2.05) is 0 Å². The number of fused-ring (bicyclic) bond motifs is 1. The second kappa shape index (κ2) is 7.10. The van der Waals surface area contributed by atoms with E-state index in [4.69, 9.17) is 5.73 Å². The molecule has 30 heavy (non-hydrogen) atoms. The number of hydrogen-bond donors (Lipinski definition) is 3. The van der Waals surface area contributed by atoms with Crippen molar-refractivity contribution in [1.82, 2.24) is 14.9 Å². The predicted molar refractivity (Wildman–Crippen MR) is 112 cm³/mol. The number of amides is 1. The topological polar surface area (TPSA) is 121 Å². The summed E-state index contributed by atoms with van der Waals surface area (Å²) in [6.45, 7) is 0.583. The number of nitrogens with one attached hydrogen (secondary N) is 1. The molecule has 3 aliphatic carbocycles. The first-order valence-electron chi connectivity index (χ1n) is 11.3. The number of nitrogens with two attached hydrogens (primary N) is 1. The number of anilines is 2. The Hall–Kier alpha value is -2.38. The summed E-state index contributed by atoms with van der Waals surface area (Å²) < 4.78 is 0. The van der Waals surface area contributed by atoms with Gasteiger partial charge in [-0.05, 0) is 61.3 Å². The third-order valence-corrected chi connectivity index (χ3v) is 8.35. The Balaban J connectivity index is 1.41. The summed E-state index contributed by atoms with van der Waals surface area (Å²) in [7, 11) is 0. The Morgan fingerprint density at radius 1 is 1.20 bits per heavy atom. The summed E-state index contributed by atoms with van der Waals surface area (Å²) in [4.78, 5) is 35.7. The highest BCUT2D eigenvalue weighted by atomic mass is 16.4. The van der Waals surface area contributed by atoms with E-state index in [2.05, 4.69) is 15.3 Å². The van der Waals surface area contributed by atoms with Crippen molar-refractivity contribution < 1.29 is 14.7 Å². The lowest BCUT2D eigenvalue weighted by Crippen LogP contribution is -2.51. The van der Waals surface area contributed by atoms with Gasteiger partial charge in [0.15, 0.2) is 0 Å². The maximum atomic E-state index is 13.8. The molecule has 3 atom stereocenters. The van der Waals surface area contributed by atoms with Gasteiger partial charge in [0.1, 0.15) is 17.9 Å². The van der Waals surface area contributed by atoms with Crippen molar-refractivity contribution in [3.63, 3.8) is 0 Å². The molecule has 0 aromatic carbocycles. The molecule has 3 saturated carbocycles. The summed E-state index contributed by atoms with van der Waals surface area (Å²) in [6.07, 6.45) is 12.2. The van der Waals surface area contributed by atoms with Crippen LogP contribution in [0.4, 0.5) is 11.8 Å². The minimum Gasteiger partial charge on any atom is -0.480 e. The number of carboxylic acids is 1. The van der Waals surface area contributed by atoms with Crippen LogP contribution in [0.5, 0.6) is 0 Å². The lowest BCUT2D eigenvalue weighted by atomic mass is 9.74. The first kappa shape index (κ1) is 19.6. The van der Waals surface area contributed by atoms with E-state index in [1.165, 1.54) is 25.7 Å². The van der Waals surface area contributed by atoms with Crippen LogP contribution in [0.3, 0.4) is 0 Å². The first-order chi connectivity index (χ1) is 14.4. The molecular weight excluding hydrogens is 382 g/mol. The van der Waals surface area contributed by atoms with Crippen molar-refractivity contribution in [2.24, 2.45) is 16.7 Å². The Bertz CT molecular complexity index is 851. The third-order valence-electron chi connectivity index (χ3n) is 8.35. The number of carboxylic acid groups (broad SMARTS) is 1. The standard InChI is InChI=1S/C22H31N5O3/c23-20-24-10-7-16(26-20)25-17(14-5-2-1-3-6-14)18(28)27-13-22(11-15(27)19(29)30)12-21(22)8-4-9-21/h7,10,14-15,17H,1-6,8-9,11-13H2,(H,29,30)(H3,23,24,25,26)/t15-,17-,22-/m0/s1. The van der Waals surface area contributed by atoms with E-state index in [0.29, 0.717) is 24.2 Å². The highest BCUT2D eigenvalue weighted by molar-refractivity contribution is 5.90. The van der Waals surface area contributed by atoms with Crippen LogP contribution in [0.15, 0.2) is 12.3 Å². The molecule has 1 saturated heterocycles. The minimum atomic E-state index is -0.879. The molecule has 1 amide bonds. The average Bonchev–Trinajstić information content (AvgIpc) is 3.21.